The van der Waals surface area contributed by atoms with Crippen molar-refractivity contribution in [2.45, 2.75) is 38.6 Å². The quantitative estimate of drug-likeness (QED) is 0.429. The van der Waals surface area contributed by atoms with E-state index in [4.69, 9.17) is 4.74 Å². The second-order valence-corrected chi connectivity index (χ2v) is 5.56. The average molecular weight is 367 g/mol. The van der Waals surface area contributed by atoms with Crippen LogP contribution in [-0.2, 0) is 4.74 Å². The molecule has 4 nitrogen and oxygen atoms in total. The number of rotatable bonds is 6. The van der Waals surface area contributed by atoms with Gasteiger partial charge >= 0.3 is 0 Å². The highest BCUT2D eigenvalue weighted by Crippen LogP contribution is 2.60. The molecule has 0 spiro atoms. The monoisotopic (exact) mass is 367 g/mol. The van der Waals surface area contributed by atoms with E-state index in [2.05, 4.69) is 22.5 Å². The maximum atomic E-state index is 5.11. The third-order valence-electron chi connectivity index (χ3n) is 3.97. The Morgan fingerprint density at radius 3 is 2.56 bits per heavy atom. The van der Waals surface area contributed by atoms with Gasteiger partial charge in [-0.1, -0.05) is 0 Å². The smallest absolute Gasteiger partial charge is 0.191 e. The summed E-state index contributed by atoms with van der Waals surface area (Å²) in [6.07, 6.45) is 5.67. The van der Waals surface area contributed by atoms with Crippen molar-refractivity contribution in [2.24, 2.45) is 16.3 Å². The number of aliphatic imine (C=N–C) groups is 1. The lowest BCUT2D eigenvalue weighted by Crippen LogP contribution is -2.45. The van der Waals surface area contributed by atoms with Gasteiger partial charge in [-0.2, -0.15) is 0 Å². The van der Waals surface area contributed by atoms with Crippen molar-refractivity contribution in [1.82, 2.24) is 10.6 Å². The molecule has 0 bridgehead atoms. The first-order valence-electron chi connectivity index (χ1n) is 6.66. The maximum Gasteiger partial charge on any atom is 0.191 e. The Morgan fingerprint density at radius 2 is 2.11 bits per heavy atom. The van der Waals surface area contributed by atoms with Crippen LogP contribution in [-0.4, -0.2) is 39.3 Å². The Balaban J connectivity index is 0.00000162. The normalized spacial score (nSPS) is 22.9. The van der Waals surface area contributed by atoms with E-state index in [-0.39, 0.29) is 24.0 Å². The molecule has 0 amide bonds. The SMILES string of the molecule is CN=C(NCC1(C2CC2)CC1)NC(C)COC.I. The predicted molar refractivity (Wildman–Crippen MR) is 85.6 cm³/mol. The van der Waals surface area contributed by atoms with E-state index in [9.17, 15) is 0 Å². The lowest BCUT2D eigenvalue weighted by Gasteiger charge is -2.20. The largest absolute Gasteiger partial charge is 0.383 e. The van der Waals surface area contributed by atoms with Crippen LogP contribution in [0.5, 0.6) is 0 Å². The van der Waals surface area contributed by atoms with Gasteiger partial charge in [0.2, 0.25) is 0 Å². The van der Waals surface area contributed by atoms with E-state index < -0.39 is 0 Å². The van der Waals surface area contributed by atoms with Crippen LogP contribution >= 0.6 is 24.0 Å². The summed E-state index contributed by atoms with van der Waals surface area (Å²) in [6, 6.07) is 0.294. The van der Waals surface area contributed by atoms with Gasteiger partial charge in [0.05, 0.1) is 6.61 Å². The molecular formula is C13H26IN3O. The zero-order valence-electron chi connectivity index (χ0n) is 11.7. The average Bonchev–Trinajstić information content (AvgIpc) is 3.16. The minimum Gasteiger partial charge on any atom is -0.383 e. The van der Waals surface area contributed by atoms with E-state index in [1.807, 2.05) is 7.05 Å². The van der Waals surface area contributed by atoms with Crippen molar-refractivity contribution in [3.8, 4) is 0 Å². The van der Waals surface area contributed by atoms with Gasteiger partial charge in [0.15, 0.2) is 5.96 Å². The van der Waals surface area contributed by atoms with Gasteiger partial charge in [-0.15, -0.1) is 24.0 Å². The van der Waals surface area contributed by atoms with Gasteiger partial charge < -0.3 is 15.4 Å². The molecule has 0 heterocycles. The second kappa shape index (κ2) is 6.93. The summed E-state index contributed by atoms with van der Waals surface area (Å²) >= 11 is 0. The highest BCUT2D eigenvalue weighted by atomic mass is 127. The molecule has 2 aliphatic carbocycles. The van der Waals surface area contributed by atoms with E-state index in [1.165, 1.54) is 25.7 Å². The Bertz CT molecular complexity index is 288. The van der Waals surface area contributed by atoms with Gasteiger partial charge in [0.1, 0.15) is 0 Å². The number of nitrogens with one attached hydrogen (secondary N) is 2. The summed E-state index contributed by atoms with van der Waals surface area (Å²) in [5.41, 5.74) is 0.613. The maximum absolute atomic E-state index is 5.11. The number of ether oxygens (including phenoxy) is 1. The zero-order chi connectivity index (χ0) is 12.3. The minimum atomic E-state index is 0. The van der Waals surface area contributed by atoms with Gasteiger partial charge in [0.25, 0.3) is 0 Å². The van der Waals surface area contributed by atoms with Crippen molar-refractivity contribution in [2.75, 3.05) is 27.3 Å². The number of guanidine groups is 1. The van der Waals surface area contributed by atoms with Crippen LogP contribution in [0.25, 0.3) is 0 Å². The minimum absolute atomic E-state index is 0. The Hall–Kier alpha value is -0.0400. The molecule has 18 heavy (non-hydrogen) atoms. The molecule has 2 fully saturated rings. The molecule has 5 heteroatoms. The van der Waals surface area contributed by atoms with Gasteiger partial charge in [-0.25, -0.2) is 0 Å². The summed E-state index contributed by atoms with van der Waals surface area (Å²) in [5, 5.41) is 6.81. The van der Waals surface area contributed by atoms with E-state index in [0.29, 0.717) is 18.1 Å². The van der Waals surface area contributed by atoms with Crippen molar-refractivity contribution in [1.29, 1.82) is 0 Å². The molecular weight excluding hydrogens is 341 g/mol. The van der Waals surface area contributed by atoms with E-state index >= 15 is 0 Å². The number of nitrogens with zero attached hydrogens (tertiary/aromatic N) is 1. The molecule has 0 aromatic rings. The summed E-state index contributed by atoms with van der Waals surface area (Å²) < 4.78 is 5.11. The van der Waals surface area contributed by atoms with Crippen molar-refractivity contribution >= 4 is 29.9 Å². The van der Waals surface area contributed by atoms with Gasteiger partial charge in [-0.3, -0.25) is 4.99 Å². The molecule has 0 saturated heterocycles. The molecule has 2 aliphatic rings. The fourth-order valence-corrected chi connectivity index (χ4v) is 2.57. The topological polar surface area (TPSA) is 45.7 Å². The fraction of sp³-hybridized carbons (Fsp3) is 0.923. The molecule has 0 aliphatic heterocycles. The molecule has 1 unspecified atom stereocenters. The molecule has 106 valence electrons. The Kier molecular flexibility index (Phi) is 6.17. The highest BCUT2D eigenvalue weighted by molar-refractivity contribution is 14.0. The third kappa shape index (κ3) is 4.26. The van der Waals surface area contributed by atoms with Crippen LogP contribution in [0.4, 0.5) is 0 Å². The van der Waals surface area contributed by atoms with Crippen LogP contribution in [0.3, 0.4) is 0 Å². The molecule has 2 N–H and O–H groups in total. The van der Waals surface area contributed by atoms with Crippen LogP contribution in [0.2, 0.25) is 0 Å². The third-order valence-corrected chi connectivity index (χ3v) is 3.97. The first-order valence-corrected chi connectivity index (χ1v) is 6.66. The van der Waals surface area contributed by atoms with Crippen LogP contribution < -0.4 is 10.6 Å². The summed E-state index contributed by atoms with van der Waals surface area (Å²) in [6.45, 7) is 3.88. The highest BCUT2D eigenvalue weighted by Gasteiger charge is 2.53. The fourth-order valence-electron chi connectivity index (χ4n) is 2.57. The molecule has 2 saturated carbocycles. The lowest BCUT2D eigenvalue weighted by atomic mass is 10.0. The second-order valence-electron chi connectivity index (χ2n) is 5.56. The molecule has 0 aromatic carbocycles. The molecule has 2 rings (SSSR count). The standard InChI is InChI=1S/C13H25N3O.HI/c1-10(8-17-3)16-12(14-2)15-9-13(6-7-13)11-4-5-11;/h10-11H,4-9H2,1-3H3,(H2,14,15,16);1H. The van der Waals surface area contributed by atoms with Crippen molar-refractivity contribution in [3.63, 3.8) is 0 Å². The zero-order valence-corrected chi connectivity index (χ0v) is 14.0. The number of methoxy groups -OCH3 is 1. The van der Waals surface area contributed by atoms with E-state index in [0.717, 1.165) is 18.4 Å². The van der Waals surface area contributed by atoms with Crippen LogP contribution in [0.1, 0.15) is 32.6 Å². The summed E-state index contributed by atoms with van der Waals surface area (Å²) in [5.74, 6) is 1.89. The van der Waals surface area contributed by atoms with Crippen molar-refractivity contribution in [3.05, 3.63) is 0 Å². The van der Waals surface area contributed by atoms with Gasteiger partial charge in [0, 0.05) is 26.7 Å². The Morgan fingerprint density at radius 1 is 1.44 bits per heavy atom. The molecule has 1 atom stereocenters. The number of halogens is 1. The predicted octanol–water partition coefficient (Wildman–Crippen LogP) is 1.99. The number of hydrogen-bond donors (Lipinski definition) is 2. The van der Waals surface area contributed by atoms with Crippen molar-refractivity contribution < 1.29 is 4.74 Å². The first kappa shape index (κ1) is 16.0. The molecule has 0 radical (unpaired) electrons. The summed E-state index contributed by atoms with van der Waals surface area (Å²) in [4.78, 5) is 4.26. The lowest BCUT2D eigenvalue weighted by molar-refractivity contribution is 0.179. The van der Waals surface area contributed by atoms with Crippen LogP contribution in [0.15, 0.2) is 4.99 Å². The number of hydrogen-bond acceptors (Lipinski definition) is 2. The molecule has 0 aromatic heterocycles. The first-order chi connectivity index (χ1) is 8.20. The Labute approximate surface area is 127 Å². The van der Waals surface area contributed by atoms with Gasteiger partial charge in [-0.05, 0) is 43.9 Å². The van der Waals surface area contributed by atoms with Crippen LogP contribution in [0, 0.1) is 11.3 Å². The summed E-state index contributed by atoms with van der Waals surface area (Å²) in [7, 11) is 3.55. The van der Waals surface area contributed by atoms with E-state index in [1.54, 1.807) is 7.11 Å².